The van der Waals surface area contributed by atoms with E-state index in [2.05, 4.69) is 47.9 Å². The molecule has 21 heavy (non-hydrogen) atoms. The van der Waals surface area contributed by atoms with Crippen molar-refractivity contribution < 1.29 is 4.74 Å². The van der Waals surface area contributed by atoms with Gasteiger partial charge in [0.25, 0.3) is 0 Å². The maximum absolute atomic E-state index is 5.54. The van der Waals surface area contributed by atoms with Gasteiger partial charge in [-0.15, -0.1) is 0 Å². The molecule has 0 bridgehead atoms. The van der Waals surface area contributed by atoms with Gasteiger partial charge in [-0.2, -0.15) is 5.10 Å². The van der Waals surface area contributed by atoms with E-state index in [1.165, 1.54) is 11.1 Å². The molecule has 0 aromatic heterocycles. The predicted molar refractivity (Wildman–Crippen MR) is 90.8 cm³/mol. The number of aryl methyl sites for hydroxylation is 2. The maximum Gasteiger partial charge on any atom is 0.187 e. The molecule has 0 saturated carbocycles. The summed E-state index contributed by atoms with van der Waals surface area (Å²) < 4.78 is 5.54. The average molecular weight is 305 g/mol. The van der Waals surface area contributed by atoms with E-state index >= 15 is 0 Å². The SMILES string of the molecule is C/C(=N/NC(=S)NC[C@@H]1CCCO1)c1ccc(C)cc1C. The average Bonchev–Trinajstić information content (AvgIpc) is 2.95. The second-order valence-electron chi connectivity index (χ2n) is 5.47. The number of hydrazone groups is 1. The highest BCUT2D eigenvalue weighted by Gasteiger charge is 2.15. The van der Waals surface area contributed by atoms with Crippen LogP contribution in [-0.2, 0) is 4.74 Å². The van der Waals surface area contributed by atoms with Crippen molar-refractivity contribution in [3.05, 3.63) is 34.9 Å². The largest absolute Gasteiger partial charge is 0.376 e. The summed E-state index contributed by atoms with van der Waals surface area (Å²) >= 11 is 5.23. The van der Waals surface area contributed by atoms with Gasteiger partial charge in [-0.1, -0.05) is 23.8 Å². The number of thiocarbonyl (C=S) groups is 1. The molecular weight excluding hydrogens is 282 g/mol. The smallest absolute Gasteiger partial charge is 0.187 e. The second kappa shape index (κ2) is 7.52. The normalized spacial score (nSPS) is 18.6. The molecule has 0 radical (unpaired) electrons. The summed E-state index contributed by atoms with van der Waals surface area (Å²) in [6, 6.07) is 6.34. The Kier molecular flexibility index (Phi) is 5.70. The molecule has 1 saturated heterocycles. The highest BCUT2D eigenvalue weighted by atomic mass is 32.1. The van der Waals surface area contributed by atoms with E-state index in [0.29, 0.717) is 5.11 Å². The van der Waals surface area contributed by atoms with Gasteiger partial charge in [0.1, 0.15) is 0 Å². The first-order valence-electron chi connectivity index (χ1n) is 7.33. The predicted octanol–water partition coefficient (Wildman–Crippen LogP) is 2.67. The lowest BCUT2D eigenvalue weighted by Crippen LogP contribution is -2.37. The summed E-state index contributed by atoms with van der Waals surface area (Å²) in [6.45, 7) is 7.76. The van der Waals surface area contributed by atoms with Crippen molar-refractivity contribution in [2.24, 2.45) is 5.10 Å². The standard InChI is InChI=1S/C16H23N3OS/c1-11-6-7-15(12(2)9-11)13(3)18-19-16(21)17-10-14-5-4-8-20-14/h6-7,9,14H,4-5,8,10H2,1-3H3,(H2,17,19,21)/b18-13-/t14-/m0/s1. The van der Waals surface area contributed by atoms with Crippen LogP contribution in [0, 0.1) is 13.8 Å². The van der Waals surface area contributed by atoms with Gasteiger partial charge in [-0.05, 0) is 51.4 Å². The van der Waals surface area contributed by atoms with E-state index in [1.807, 2.05) is 6.92 Å². The highest BCUT2D eigenvalue weighted by molar-refractivity contribution is 7.80. The van der Waals surface area contributed by atoms with Gasteiger partial charge < -0.3 is 10.1 Å². The van der Waals surface area contributed by atoms with Crippen LogP contribution >= 0.6 is 12.2 Å². The topological polar surface area (TPSA) is 45.7 Å². The third-order valence-corrected chi connectivity index (χ3v) is 3.85. The number of benzene rings is 1. The van der Waals surface area contributed by atoms with Gasteiger partial charge >= 0.3 is 0 Å². The molecule has 2 rings (SSSR count). The summed E-state index contributed by atoms with van der Waals surface area (Å²) in [7, 11) is 0. The van der Waals surface area contributed by atoms with Crippen LogP contribution in [0.25, 0.3) is 0 Å². The van der Waals surface area contributed by atoms with Gasteiger partial charge in [0.2, 0.25) is 0 Å². The molecule has 1 heterocycles. The summed E-state index contributed by atoms with van der Waals surface area (Å²) in [6.07, 6.45) is 2.51. The molecule has 1 fully saturated rings. The Morgan fingerprint density at radius 2 is 2.24 bits per heavy atom. The fourth-order valence-electron chi connectivity index (χ4n) is 2.47. The Balaban J connectivity index is 1.85. The number of hydrogen-bond donors (Lipinski definition) is 2. The third kappa shape index (κ3) is 4.79. The molecule has 1 aromatic rings. The lowest BCUT2D eigenvalue weighted by molar-refractivity contribution is 0.114. The van der Waals surface area contributed by atoms with Crippen LogP contribution in [0.15, 0.2) is 23.3 Å². The van der Waals surface area contributed by atoms with E-state index in [9.17, 15) is 0 Å². The second-order valence-corrected chi connectivity index (χ2v) is 5.88. The molecule has 1 atom stereocenters. The fraction of sp³-hybridized carbons (Fsp3) is 0.500. The Hall–Kier alpha value is -1.46. The maximum atomic E-state index is 5.54. The first kappa shape index (κ1) is 15.9. The van der Waals surface area contributed by atoms with Crippen LogP contribution in [0.1, 0.15) is 36.5 Å². The van der Waals surface area contributed by atoms with Gasteiger partial charge in [-0.25, -0.2) is 0 Å². The van der Waals surface area contributed by atoms with Crippen LogP contribution in [-0.4, -0.2) is 30.1 Å². The summed E-state index contributed by atoms with van der Waals surface area (Å²) in [5.74, 6) is 0. The molecule has 1 aromatic carbocycles. The Morgan fingerprint density at radius 1 is 1.43 bits per heavy atom. The van der Waals surface area contributed by atoms with Crippen LogP contribution in [0.4, 0.5) is 0 Å². The molecular formula is C16H23N3OS. The van der Waals surface area contributed by atoms with Crippen molar-refractivity contribution in [2.45, 2.75) is 39.7 Å². The molecule has 1 aliphatic heterocycles. The molecule has 0 unspecified atom stereocenters. The Morgan fingerprint density at radius 3 is 2.90 bits per heavy atom. The zero-order chi connectivity index (χ0) is 15.2. The Bertz CT molecular complexity index is 536. The minimum absolute atomic E-state index is 0.272. The van der Waals surface area contributed by atoms with E-state index < -0.39 is 0 Å². The minimum atomic E-state index is 0.272. The van der Waals surface area contributed by atoms with E-state index in [-0.39, 0.29) is 6.10 Å². The number of ether oxygens (including phenoxy) is 1. The zero-order valence-corrected chi connectivity index (χ0v) is 13.7. The molecule has 114 valence electrons. The van der Waals surface area contributed by atoms with Crippen LogP contribution in [0.2, 0.25) is 0 Å². The quantitative estimate of drug-likeness (QED) is 0.510. The number of nitrogens with zero attached hydrogens (tertiary/aromatic N) is 1. The zero-order valence-electron chi connectivity index (χ0n) is 12.9. The van der Waals surface area contributed by atoms with Crippen molar-refractivity contribution in [3.63, 3.8) is 0 Å². The fourth-order valence-corrected chi connectivity index (χ4v) is 2.59. The number of hydrogen-bond acceptors (Lipinski definition) is 3. The van der Waals surface area contributed by atoms with E-state index in [0.717, 1.165) is 37.3 Å². The van der Waals surface area contributed by atoms with Crippen molar-refractivity contribution in [3.8, 4) is 0 Å². The third-order valence-electron chi connectivity index (χ3n) is 3.61. The van der Waals surface area contributed by atoms with E-state index in [4.69, 9.17) is 17.0 Å². The molecule has 4 nitrogen and oxygen atoms in total. The van der Waals surface area contributed by atoms with Gasteiger partial charge in [0.05, 0.1) is 11.8 Å². The molecule has 2 N–H and O–H groups in total. The minimum Gasteiger partial charge on any atom is -0.376 e. The highest BCUT2D eigenvalue weighted by Crippen LogP contribution is 2.12. The van der Waals surface area contributed by atoms with E-state index in [1.54, 1.807) is 0 Å². The first-order valence-corrected chi connectivity index (χ1v) is 7.74. The Labute approximate surface area is 132 Å². The summed E-state index contributed by atoms with van der Waals surface area (Å²) in [5, 5.41) is 8.03. The number of nitrogens with one attached hydrogen (secondary N) is 2. The van der Waals surface area contributed by atoms with Crippen molar-refractivity contribution in [1.29, 1.82) is 0 Å². The molecule has 0 aliphatic carbocycles. The van der Waals surface area contributed by atoms with Crippen molar-refractivity contribution in [1.82, 2.24) is 10.7 Å². The van der Waals surface area contributed by atoms with Gasteiger partial charge in [-0.3, -0.25) is 5.43 Å². The summed E-state index contributed by atoms with van der Waals surface area (Å²) in [4.78, 5) is 0. The van der Waals surface area contributed by atoms with Crippen LogP contribution in [0.5, 0.6) is 0 Å². The van der Waals surface area contributed by atoms with Crippen molar-refractivity contribution in [2.75, 3.05) is 13.2 Å². The lowest BCUT2D eigenvalue weighted by atomic mass is 10.0. The summed E-state index contributed by atoms with van der Waals surface area (Å²) in [5.41, 5.74) is 7.43. The lowest BCUT2D eigenvalue weighted by Gasteiger charge is -2.12. The number of rotatable bonds is 4. The van der Waals surface area contributed by atoms with Crippen LogP contribution in [0.3, 0.4) is 0 Å². The monoisotopic (exact) mass is 305 g/mol. The molecule has 1 aliphatic rings. The van der Waals surface area contributed by atoms with Gasteiger partial charge in [0.15, 0.2) is 5.11 Å². The molecule has 0 spiro atoms. The van der Waals surface area contributed by atoms with Crippen molar-refractivity contribution >= 4 is 23.0 Å². The van der Waals surface area contributed by atoms with Gasteiger partial charge in [0, 0.05) is 18.7 Å². The molecule has 0 amide bonds. The van der Waals surface area contributed by atoms with Crippen LogP contribution < -0.4 is 10.7 Å². The molecule has 5 heteroatoms. The first-order chi connectivity index (χ1) is 10.1.